The Bertz CT molecular complexity index is 537. The van der Waals surface area contributed by atoms with Gasteiger partial charge in [-0.3, -0.25) is 0 Å². The number of methoxy groups -OCH3 is 1. The molecule has 2 N–H and O–H groups in total. The van der Waals surface area contributed by atoms with E-state index in [0.29, 0.717) is 15.6 Å². The van der Waals surface area contributed by atoms with Crippen molar-refractivity contribution in [2.75, 3.05) is 7.11 Å². The molecule has 0 saturated heterocycles. The zero-order chi connectivity index (χ0) is 13.1. The molecule has 2 rings (SSSR count). The fourth-order valence-electron chi connectivity index (χ4n) is 1.89. The van der Waals surface area contributed by atoms with E-state index in [1.807, 2.05) is 24.3 Å². The molecule has 0 radical (unpaired) electrons. The molecule has 2 aromatic rings. The molecule has 0 amide bonds. The molecule has 0 aliphatic carbocycles. The molecular formula is C14H13Cl2NO. The van der Waals surface area contributed by atoms with Crippen LogP contribution in [0.2, 0.25) is 10.0 Å². The van der Waals surface area contributed by atoms with Crippen LogP contribution in [0.4, 0.5) is 0 Å². The summed E-state index contributed by atoms with van der Waals surface area (Å²) in [6.45, 7) is 0. The second-order valence-corrected chi connectivity index (χ2v) is 4.67. The van der Waals surface area contributed by atoms with E-state index in [1.54, 1.807) is 25.3 Å². The molecule has 2 nitrogen and oxygen atoms in total. The van der Waals surface area contributed by atoms with Crippen LogP contribution < -0.4 is 10.5 Å². The summed E-state index contributed by atoms with van der Waals surface area (Å²) in [4.78, 5) is 0. The van der Waals surface area contributed by atoms with Crippen molar-refractivity contribution in [2.45, 2.75) is 6.04 Å². The summed E-state index contributed by atoms with van der Waals surface area (Å²) in [7, 11) is 1.61. The molecule has 94 valence electrons. The molecule has 0 bridgehead atoms. The van der Waals surface area contributed by atoms with E-state index >= 15 is 0 Å². The molecule has 0 heterocycles. The third-order valence-corrected chi connectivity index (χ3v) is 3.44. The first-order chi connectivity index (χ1) is 8.65. The smallest absolute Gasteiger partial charge is 0.123 e. The van der Waals surface area contributed by atoms with Gasteiger partial charge >= 0.3 is 0 Å². The Balaban J connectivity index is 2.51. The lowest BCUT2D eigenvalue weighted by atomic mass is 9.98. The summed E-state index contributed by atoms with van der Waals surface area (Å²) in [6.07, 6.45) is 0. The minimum absolute atomic E-state index is 0.414. The lowest BCUT2D eigenvalue weighted by Crippen LogP contribution is -2.14. The zero-order valence-electron chi connectivity index (χ0n) is 9.86. The minimum atomic E-state index is -0.414. The van der Waals surface area contributed by atoms with Crippen LogP contribution >= 0.6 is 23.2 Å². The minimum Gasteiger partial charge on any atom is -0.496 e. The third kappa shape index (κ3) is 2.46. The number of nitrogens with two attached hydrogens (primary N) is 1. The first kappa shape index (κ1) is 13.2. The van der Waals surface area contributed by atoms with Crippen LogP contribution in [0.1, 0.15) is 17.2 Å². The highest BCUT2D eigenvalue weighted by Gasteiger charge is 2.18. The monoisotopic (exact) mass is 281 g/mol. The summed E-state index contributed by atoms with van der Waals surface area (Å²) in [5.41, 5.74) is 7.82. The Labute approximate surface area is 116 Å². The molecule has 2 aromatic carbocycles. The number of benzene rings is 2. The number of hydrogen-bond donors (Lipinski definition) is 1. The first-order valence-corrected chi connectivity index (χ1v) is 6.23. The van der Waals surface area contributed by atoms with Crippen molar-refractivity contribution in [3.05, 3.63) is 63.6 Å². The van der Waals surface area contributed by atoms with Gasteiger partial charge in [0.2, 0.25) is 0 Å². The highest BCUT2D eigenvalue weighted by Crippen LogP contribution is 2.35. The molecule has 0 aliphatic heterocycles. The van der Waals surface area contributed by atoms with Gasteiger partial charge in [-0.1, -0.05) is 47.5 Å². The molecule has 0 saturated carbocycles. The van der Waals surface area contributed by atoms with Crippen LogP contribution in [-0.2, 0) is 0 Å². The van der Waals surface area contributed by atoms with E-state index in [2.05, 4.69) is 0 Å². The van der Waals surface area contributed by atoms with Gasteiger partial charge in [-0.2, -0.15) is 0 Å². The largest absolute Gasteiger partial charge is 0.496 e. The highest BCUT2D eigenvalue weighted by atomic mass is 35.5. The van der Waals surface area contributed by atoms with Gasteiger partial charge in [-0.25, -0.2) is 0 Å². The van der Waals surface area contributed by atoms with Crippen molar-refractivity contribution >= 4 is 23.2 Å². The Morgan fingerprint density at radius 1 is 1.00 bits per heavy atom. The van der Waals surface area contributed by atoms with Crippen LogP contribution in [0.5, 0.6) is 5.75 Å². The highest BCUT2D eigenvalue weighted by molar-refractivity contribution is 6.36. The van der Waals surface area contributed by atoms with E-state index in [1.165, 1.54) is 0 Å². The second-order valence-electron chi connectivity index (χ2n) is 3.85. The van der Waals surface area contributed by atoms with E-state index < -0.39 is 6.04 Å². The summed E-state index contributed by atoms with van der Waals surface area (Å²) in [5.74, 6) is 0.723. The van der Waals surface area contributed by atoms with E-state index in [4.69, 9.17) is 33.7 Å². The van der Waals surface area contributed by atoms with Crippen molar-refractivity contribution in [2.24, 2.45) is 5.73 Å². The van der Waals surface area contributed by atoms with Gasteiger partial charge in [-0.05, 0) is 18.2 Å². The second kappa shape index (κ2) is 5.61. The van der Waals surface area contributed by atoms with Crippen molar-refractivity contribution in [1.29, 1.82) is 0 Å². The summed E-state index contributed by atoms with van der Waals surface area (Å²) in [6, 6.07) is 12.5. The SMILES string of the molecule is COc1ccccc1C(N)c1c(Cl)cccc1Cl. The van der Waals surface area contributed by atoms with Gasteiger partial charge in [0.15, 0.2) is 0 Å². The van der Waals surface area contributed by atoms with E-state index in [-0.39, 0.29) is 0 Å². The van der Waals surface area contributed by atoms with Crippen LogP contribution in [-0.4, -0.2) is 7.11 Å². The fourth-order valence-corrected chi connectivity index (χ4v) is 2.52. The van der Waals surface area contributed by atoms with Gasteiger partial charge in [-0.15, -0.1) is 0 Å². The molecule has 18 heavy (non-hydrogen) atoms. The summed E-state index contributed by atoms with van der Waals surface area (Å²) < 4.78 is 5.30. The van der Waals surface area contributed by atoms with Gasteiger partial charge < -0.3 is 10.5 Å². The van der Waals surface area contributed by atoms with Crippen molar-refractivity contribution in [3.8, 4) is 5.75 Å². The average Bonchev–Trinajstić information content (AvgIpc) is 2.38. The van der Waals surface area contributed by atoms with E-state index in [0.717, 1.165) is 11.3 Å². The van der Waals surface area contributed by atoms with Gasteiger partial charge in [0, 0.05) is 21.2 Å². The van der Waals surface area contributed by atoms with Gasteiger partial charge in [0.05, 0.1) is 13.2 Å². The Morgan fingerprint density at radius 2 is 1.61 bits per heavy atom. The number of rotatable bonds is 3. The predicted octanol–water partition coefficient (Wildman–Crippen LogP) is 4.05. The molecule has 4 heteroatoms. The lowest BCUT2D eigenvalue weighted by Gasteiger charge is -2.18. The van der Waals surface area contributed by atoms with Gasteiger partial charge in [0.1, 0.15) is 5.75 Å². The van der Waals surface area contributed by atoms with Crippen LogP contribution in [0.15, 0.2) is 42.5 Å². The normalized spacial score (nSPS) is 12.2. The quantitative estimate of drug-likeness (QED) is 0.921. The summed E-state index contributed by atoms with van der Waals surface area (Å²) >= 11 is 12.3. The summed E-state index contributed by atoms with van der Waals surface area (Å²) in [5, 5.41) is 1.11. The molecule has 0 aliphatic rings. The van der Waals surface area contributed by atoms with Crippen LogP contribution in [0, 0.1) is 0 Å². The Morgan fingerprint density at radius 3 is 2.22 bits per heavy atom. The topological polar surface area (TPSA) is 35.2 Å². The Hall–Kier alpha value is -1.22. The van der Waals surface area contributed by atoms with Crippen LogP contribution in [0.3, 0.4) is 0 Å². The molecule has 0 spiro atoms. The van der Waals surface area contributed by atoms with Crippen molar-refractivity contribution in [3.63, 3.8) is 0 Å². The zero-order valence-corrected chi connectivity index (χ0v) is 11.4. The van der Waals surface area contributed by atoms with E-state index in [9.17, 15) is 0 Å². The third-order valence-electron chi connectivity index (χ3n) is 2.78. The molecule has 1 atom stereocenters. The number of para-hydroxylation sites is 1. The maximum Gasteiger partial charge on any atom is 0.123 e. The average molecular weight is 282 g/mol. The standard InChI is InChI=1S/C14H13Cl2NO/c1-18-12-8-3-2-5-9(12)14(17)13-10(15)6-4-7-11(13)16/h2-8,14H,17H2,1H3. The fraction of sp³-hybridized carbons (Fsp3) is 0.143. The lowest BCUT2D eigenvalue weighted by molar-refractivity contribution is 0.408. The van der Waals surface area contributed by atoms with Crippen LogP contribution in [0.25, 0.3) is 0 Å². The van der Waals surface area contributed by atoms with Crippen molar-refractivity contribution < 1.29 is 4.74 Å². The predicted molar refractivity (Wildman–Crippen MR) is 75.5 cm³/mol. The first-order valence-electron chi connectivity index (χ1n) is 5.47. The van der Waals surface area contributed by atoms with Crippen molar-refractivity contribution in [1.82, 2.24) is 0 Å². The number of hydrogen-bond acceptors (Lipinski definition) is 2. The van der Waals surface area contributed by atoms with Gasteiger partial charge in [0.25, 0.3) is 0 Å². The molecule has 0 fully saturated rings. The Kier molecular flexibility index (Phi) is 4.12. The maximum atomic E-state index is 6.25. The number of halogens is 2. The molecule has 1 unspecified atom stereocenters. The molecular weight excluding hydrogens is 269 g/mol. The molecule has 0 aromatic heterocycles. The maximum absolute atomic E-state index is 6.25. The number of ether oxygens (including phenoxy) is 1.